The lowest BCUT2D eigenvalue weighted by Crippen LogP contribution is -2.23. The van der Waals surface area contributed by atoms with Gasteiger partial charge in [-0.1, -0.05) is 47.7 Å². The zero-order valence-corrected chi connectivity index (χ0v) is 17.4. The van der Waals surface area contributed by atoms with Gasteiger partial charge in [0.1, 0.15) is 17.8 Å². The minimum Gasteiger partial charge on any atom is -0.495 e. The fraction of sp³-hybridized carbons (Fsp3) is 0.174. The van der Waals surface area contributed by atoms with Crippen LogP contribution in [-0.2, 0) is 16.1 Å². The van der Waals surface area contributed by atoms with Crippen molar-refractivity contribution in [1.29, 1.82) is 0 Å². The molecule has 0 fully saturated rings. The maximum Gasteiger partial charge on any atom is 0.326 e. The molecule has 0 unspecified atom stereocenters. The Hall–Kier alpha value is -3.45. The van der Waals surface area contributed by atoms with E-state index in [1.165, 1.54) is 11.3 Å². The van der Waals surface area contributed by atoms with Crippen molar-refractivity contribution in [1.82, 2.24) is 4.57 Å². The number of methoxy groups -OCH3 is 1. The van der Waals surface area contributed by atoms with Crippen LogP contribution in [0.25, 0.3) is 21.0 Å². The Kier molecular flexibility index (Phi) is 5.63. The third kappa shape index (κ3) is 3.84. The number of hydrogen-bond acceptors (Lipinski definition) is 5. The highest BCUT2D eigenvalue weighted by Crippen LogP contribution is 2.27. The van der Waals surface area contributed by atoms with Crippen molar-refractivity contribution in [2.45, 2.75) is 13.5 Å². The van der Waals surface area contributed by atoms with Gasteiger partial charge in [0.15, 0.2) is 4.80 Å². The summed E-state index contributed by atoms with van der Waals surface area (Å²) in [5, 5.41) is 2.02. The molecule has 7 heteroatoms. The molecule has 0 saturated heterocycles. The van der Waals surface area contributed by atoms with Gasteiger partial charge in [-0.3, -0.25) is 9.59 Å². The fourth-order valence-electron chi connectivity index (χ4n) is 3.30. The summed E-state index contributed by atoms with van der Waals surface area (Å²) in [6.07, 6.45) is 0. The minimum absolute atomic E-state index is 0.0575. The molecule has 152 valence electrons. The van der Waals surface area contributed by atoms with Gasteiger partial charge in [0.05, 0.1) is 18.4 Å². The Labute approximate surface area is 177 Å². The molecule has 4 aromatic rings. The van der Waals surface area contributed by atoms with Gasteiger partial charge in [0.2, 0.25) is 0 Å². The van der Waals surface area contributed by atoms with E-state index in [9.17, 15) is 9.59 Å². The van der Waals surface area contributed by atoms with Crippen LogP contribution in [0.1, 0.15) is 17.3 Å². The molecule has 0 spiro atoms. The lowest BCUT2D eigenvalue weighted by molar-refractivity contribution is -0.143. The largest absolute Gasteiger partial charge is 0.495 e. The summed E-state index contributed by atoms with van der Waals surface area (Å²) in [5.41, 5.74) is 1.20. The zero-order valence-electron chi connectivity index (χ0n) is 16.6. The summed E-state index contributed by atoms with van der Waals surface area (Å²) in [4.78, 5) is 29.9. The standard InChI is InChI=1S/C23H20N2O4S/c1-3-29-20(26)14-25-21-18(28-2)9-6-10-19(21)30-23(25)24-22(27)17-12-11-15-7-4-5-8-16(15)13-17/h4-13H,3,14H2,1-2H3. The monoisotopic (exact) mass is 420 g/mol. The first-order valence-electron chi connectivity index (χ1n) is 9.50. The van der Waals surface area contributed by atoms with Gasteiger partial charge in [0.25, 0.3) is 5.91 Å². The quantitative estimate of drug-likeness (QED) is 0.455. The molecule has 30 heavy (non-hydrogen) atoms. The van der Waals surface area contributed by atoms with Crippen LogP contribution in [0.4, 0.5) is 0 Å². The Bertz CT molecular complexity index is 1320. The van der Waals surface area contributed by atoms with Crippen LogP contribution in [0.2, 0.25) is 0 Å². The first-order valence-corrected chi connectivity index (χ1v) is 10.3. The molecule has 0 aliphatic rings. The van der Waals surface area contributed by atoms with Crippen LogP contribution in [0.15, 0.2) is 65.7 Å². The molecule has 0 atom stereocenters. The Morgan fingerprint density at radius 2 is 1.83 bits per heavy atom. The van der Waals surface area contributed by atoms with Gasteiger partial charge in [-0.25, -0.2) is 0 Å². The summed E-state index contributed by atoms with van der Waals surface area (Å²) in [7, 11) is 1.57. The van der Waals surface area contributed by atoms with Crippen molar-refractivity contribution in [2.24, 2.45) is 4.99 Å². The molecule has 3 aromatic carbocycles. The van der Waals surface area contributed by atoms with Crippen LogP contribution in [0, 0.1) is 0 Å². The van der Waals surface area contributed by atoms with Gasteiger partial charge in [0, 0.05) is 5.56 Å². The van der Waals surface area contributed by atoms with Crippen LogP contribution in [0.5, 0.6) is 5.75 Å². The number of amides is 1. The molecule has 6 nitrogen and oxygen atoms in total. The third-order valence-corrected chi connectivity index (χ3v) is 5.71. The maximum atomic E-state index is 12.9. The number of carbonyl (C=O) groups is 2. The van der Waals surface area contributed by atoms with Crippen LogP contribution >= 0.6 is 11.3 Å². The van der Waals surface area contributed by atoms with Crippen LogP contribution in [0.3, 0.4) is 0 Å². The molecular weight excluding hydrogens is 400 g/mol. The predicted molar refractivity (Wildman–Crippen MR) is 117 cm³/mol. The summed E-state index contributed by atoms with van der Waals surface area (Å²) < 4.78 is 13.1. The highest BCUT2D eigenvalue weighted by molar-refractivity contribution is 7.16. The summed E-state index contributed by atoms with van der Waals surface area (Å²) >= 11 is 1.33. The minimum atomic E-state index is -0.400. The van der Waals surface area contributed by atoms with Gasteiger partial charge in [-0.15, -0.1) is 0 Å². The van der Waals surface area contributed by atoms with Crippen LogP contribution in [-0.4, -0.2) is 30.2 Å². The average Bonchev–Trinajstić information content (AvgIpc) is 3.10. The number of benzene rings is 3. The number of esters is 1. The zero-order chi connectivity index (χ0) is 21.1. The number of fused-ring (bicyclic) bond motifs is 2. The number of carbonyl (C=O) groups excluding carboxylic acids is 2. The van der Waals surface area contributed by atoms with E-state index < -0.39 is 5.97 Å². The number of aromatic nitrogens is 1. The highest BCUT2D eigenvalue weighted by Gasteiger charge is 2.16. The second kappa shape index (κ2) is 8.51. The molecule has 1 amide bonds. The van der Waals surface area contributed by atoms with Crippen LogP contribution < -0.4 is 9.54 Å². The van der Waals surface area contributed by atoms with E-state index in [2.05, 4.69) is 4.99 Å². The Morgan fingerprint density at radius 3 is 2.60 bits per heavy atom. The molecule has 0 bridgehead atoms. The van der Waals surface area contributed by atoms with E-state index in [1.807, 2.05) is 54.6 Å². The average molecular weight is 420 g/mol. The van der Waals surface area contributed by atoms with Gasteiger partial charge in [-0.05, 0) is 42.0 Å². The number of thiazole rings is 1. The SMILES string of the molecule is CCOC(=O)Cn1c(=NC(=O)c2ccc3ccccc3c2)sc2cccc(OC)c21. The smallest absolute Gasteiger partial charge is 0.326 e. The van der Waals surface area contributed by atoms with Crippen molar-refractivity contribution >= 4 is 44.2 Å². The van der Waals surface area contributed by atoms with Crippen molar-refractivity contribution in [2.75, 3.05) is 13.7 Å². The van der Waals surface area contributed by atoms with Crippen molar-refractivity contribution in [3.05, 3.63) is 71.0 Å². The topological polar surface area (TPSA) is 69.9 Å². The summed E-state index contributed by atoms with van der Waals surface area (Å²) in [6.45, 7) is 1.97. The van der Waals surface area contributed by atoms with Gasteiger partial charge in [-0.2, -0.15) is 4.99 Å². The van der Waals surface area contributed by atoms with E-state index in [-0.39, 0.29) is 19.1 Å². The third-order valence-electron chi connectivity index (χ3n) is 4.67. The summed E-state index contributed by atoms with van der Waals surface area (Å²) in [5.74, 6) is -0.167. The second-order valence-corrected chi connectivity index (χ2v) is 7.57. The Balaban J connectivity index is 1.84. The molecule has 1 heterocycles. The first-order chi connectivity index (χ1) is 14.6. The molecular formula is C23H20N2O4S. The van der Waals surface area contributed by atoms with Crippen molar-refractivity contribution in [3.63, 3.8) is 0 Å². The second-order valence-electron chi connectivity index (χ2n) is 6.56. The maximum absolute atomic E-state index is 12.9. The normalized spacial score (nSPS) is 11.7. The first kappa shape index (κ1) is 19.8. The lowest BCUT2D eigenvalue weighted by atomic mass is 10.1. The molecule has 0 radical (unpaired) electrons. The molecule has 0 saturated carbocycles. The highest BCUT2D eigenvalue weighted by atomic mass is 32.1. The number of ether oxygens (including phenoxy) is 2. The Morgan fingerprint density at radius 1 is 1.03 bits per heavy atom. The van der Waals surface area contributed by atoms with Gasteiger partial charge >= 0.3 is 5.97 Å². The molecule has 1 aromatic heterocycles. The number of nitrogens with zero attached hydrogens (tertiary/aromatic N) is 2. The van der Waals surface area contributed by atoms with Crippen molar-refractivity contribution in [3.8, 4) is 5.75 Å². The number of para-hydroxylation sites is 1. The van der Waals surface area contributed by atoms with E-state index >= 15 is 0 Å². The molecule has 0 N–H and O–H groups in total. The molecule has 4 rings (SSSR count). The molecule has 0 aliphatic heterocycles. The van der Waals surface area contributed by atoms with E-state index in [4.69, 9.17) is 9.47 Å². The number of hydrogen-bond donors (Lipinski definition) is 0. The predicted octanol–water partition coefficient (Wildman–Crippen LogP) is 4.17. The van der Waals surface area contributed by atoms with E-state index in [0.717, 1.165) is 15.5 Å². The van der Waals surface area contributed by atoms with E-state index in [1.54, 1.807) is 24.7 Å². The fourth-order valence-corrected chi connectivity index (χ4v) is 4.35. The number of rotatable bonds is 5. The van der Waals surface area contributed by atoms with E-state index in [0.29, 0.717) is 21.6 Å². The molecule has 0 aliphatic carbocycles. The summed E-state index contributed by atoms with van der Waals surface area (Å²) in [6, 6.07) is 18.9. The van der Waals surface area contributed by atoms with Crippen molar-refractivity contribution < 1.29 is 19.1 Å². The lowest BCUT2D eigenvalue weighted by Gasteiger charge is -2.08. The van der Waals surface area contributed by atoms with Gasteiger partial charge < -0.3 is 14.0 Å².